The molecule has 22 heavy (non-hydrogen) atoms. The van der Waals surface area contributed by atoms with Gasteiger partial charge in [0.25, 0.3) is 0 Å². The van der Waals surface area contributed by atoms with Gasteiger partial charge in [-0.1, -0.05) is 57.6 Å². The fraction of sp³-hybridized carbons (Fsp3) is 0.850. The van der Waals surface area contributed by atoms with Gasteiger partial charge in [-0.15, -0.1) is 0 Å². The van der Waals surface area contributed by atoms with Gasteiger partial charge in [0.2, 0.25) is 0 Å². The molecule has 0 unspecified atom stereocenters. The Hall–Kier alpha value is -0.790. The van der Waals surface area contributed by atoms with E-state index in [4.69, 9.17) is 5.11 Å². The molecule has 0 aliphatic heterocycles. The molecule has 0 aromatic carbocycles. The summed E-state index contributed by atoms with van der Waals surface area (Å²) in [6.45, 7) is 2.40. The summed E-state index contributed by atoms with van der Waals surface area (Å²) in [6, 6.07) is 0. The first kappa shape index (κ1) is 17.6. The van der Waals surface area contributed by atoms with Crippen LogP contribution in [0.15, 0.2) is 12.2 Å². The van der Waals surface area contributed by atoms with Crippen molar-refractivity contribution in [1.82, 2.24) is 0 Å². The number of carbonyl (C=O) groups is 1. The molecule has 0 radical (unpaired) electrons. The smallest absolute Gasteiger partial charge is 0.303 e. The molecular formula is C20H34O2. The zero-order valence-electron chi connectivity index (χ0n) is 14.3. The topological polar surface area (TPSA) is 37.3 Å². The minimum absolute atomic E-state index is 0.270. The Morgan fingerprint density at radius 2 is 1.50 bits per heavy atom. The Morgan fingerprint density at radius 3 is 2.05 bits per heavy atom. The summed E-state index contributed by atoms with van der Waals surface area (Å²) in [5, 5.41) is 8.63. The van der Waals surface area contributed by atoms with Gasteiger partial charge in [-0.25, -0.2) is 0 Å². The normalized spacial score (nSPS) is 33.1. The third-order valence-corrected chi connectivity index (χ3v) is 5.94. The molecule has 2 nitrogen and oxygen atoms in total. The first-order valence-corrected chi connectivity index (χ1v) is 9.52. The summed E-state index contributed by atoms with van der Waals surface area (Å²) in [4.78, 5) is 10.5. The first-order chi connectivity index (χ1) is 10.6. The average molecular weight is 306 g/mol. The van der Waals surface area contributed by atoms with Gasteiger partial charge in [-0.2, -0.15) is 0 Å². The van der Waals surface area contributed by atoms with Crippen LogP contribution in [0.3, 0.4) is 0 Å². The van der Waals surface area contributed by atoms with Crippen LogP contribution < -0.4 is 0 Å². The zero-order valence-corrected chi connectivity index (χ0v) is 14.3. The van der Waals surface area contributed by atoms with E-state index in [1.165, 1.54) is 64.2 Å². The summed E-state index contributed by atoms with van der Waals surface area (Å²) < 4.78 is 0. The van der Waals surface area contributed by atoms with Crippen LogP contribution in [-0.2, 0) is 4.79 Å². The van der Waals surface area contributed by atoms with Crippen molar-refractivity contribution in [2.45, 2.75) is 84.0 Å². The van der Waals surface area contributed by atoms with Gasteiger partial charge in [0, 0.05) is 6.42 Å². The maximum atomic E-state index is 10.5. The second-order valence-corrected chi connectivity index (χ2v) is 7.84. The number of carboxylic acid groups (broad SMARTS) is 1. The molecule has 2 aliphatic carbocycles. The molecule has 0 saturated heterocycles. The minimum Gasteiger partial charge on any atom is -0.481 e. The Kier molecular flexibility index (Phi) is 7.48. The monoisotopic (exact) mass is 306 g/mol. The van der Waals surface area contributed by atoms with Gasteiger partial charge in [-0.3, -0.25) is 4.79 Å². The third-order valence-electron chi connectivity index (χ3n) is 5.94. The highest BCUT2D eigenvalue weighted by Crippen LogP contribution is 2.36. The maximum absolute atomic E-state index is 10.5. The molecule has 0 aromatic rings. The maximum Gasteiger partial charge on any atom is 0.303 e. The van der Waals surface area contributed by atoms with Gasteiger partial charge in [0.05, 0.1) is 0 Å². The summed E-state index contributed by atoms with van der Waals surface area (Å²) in [7, 11) is 0. The van der Waals surface area contributed by atoms with E-state index in [-0.39, 0.29) is 6.42 Å². The van der Waals surface area contributed by atoms with Crippen LogP contribution in [0.4, 0.5) is 0 Å². The second kappa shape index (κ2) is 9.37. The SMILES string of the molecule is C[C@H]1CC[C@H](CC[C@H]2CC[C@H](C=CCCC(=O)O)CC2)CC1. The molecule has 0 amide bonds. The van der Waals surface area contributed by atoms with Crippen LogP contribution in [0.5, 0.6) is 0 Å². The summed E-state index contributed by atoms with van der Waals surface area (Å²) in [6.07, 6.45) is 19.5. The Bertz CT molecular complexity index is 345. The average Bonchev–Trinajstić information content (AvgIpc) is 2.52. The number of allylic oxidation sites excluding steroid dienone is 2. The van der Waals surface area contributed by atoms with E-state index in [2.05, 4.69) is 19.1 Å². The summed E-state index contributed by atoms with van der Waals surface area (Å²) in [5.74, 6) is 2.97. The molecule has 1 N–H and O–H groups in total. The van der Waals surface area contributed by atoms with Crippen molar-refractivity contribution in [3.8, 4) is 0 Å². The van der Waals surface area contributed by atoms with E-state index in [0.717, 1.165) is 17.8 Å². The van der Waals surface area contributed by atoms with Crippen molar-refractivity contribution in [2.24, 2.45) is 23.7 Å². The lowest BCUT2D eigenvalue weighted by Crippen LogP contribution is -2.16. The molecule has 2 saturated carbocycles. The Balaban J connectivity index is 1.56. The van der Waals surface area contributed by atoms with Crippen LogP contribution in [-0.4, -0.2) is 11.1 Å². The van der Waals surface area contributed by atoms with E-state index < -0.39 is 5.97 Å². The van der Waals surface area contributed by atoms with E-state index in [9.17, 15) is 4.79 Å². The largest absolute Gasteiger partial charge is 0.481 e. The van der Waals surface area contributed by atoms with Gasteiger partial charge in [0.1, 0.15) is 0 Å². The lowest BCUT2D eigenvalue weighted by atomic mass is 9.76. The van der Waals surface area contributed by atoms with E-state index in [1.807, 2.05) is 0 Å². The highest BCUT2D eigenvalue weighted by molar-refractivity contribution is 5.66. The number of hydrogen-bond donors (Lipinski definition) is 1. The predicted molar refractivity (Wildman–Crippen MR) is 91.8 cm³/mol. The van der Waals surface area contributed by atoms with Crippen LogP contribution in [0, 0.1) is 23.7 Å². The van der Waals surface area contributed by atoms with E-state index >= 15 is 0 Å². The minimum atomic E-state index is -0.689. The number of rotatable bonds is 7. The fourth-order valence-electron chi connectivity index (χ4n) is 4.25. The van der Waals surface area contributed by atoms with E-state index in [0.29, 0.717) is 12.3 Å². The van der Waals surface area contributed by atoms with Gasteiger partial charge in [-0.05, 0) is 55.8 Å². The van der Waals surface area contributed by atoms with Crippen molar-refractivity contribution in [3.63, 3.8) is 0 Å². The Labute approximate surface area is 136 Å². The molecule has 0 heterocycles. The molecule has 0 spiro atoms. The van der Waals surface area contributed by atoms with Gasteiger partial charge >= 0.3 is 5.97 Å². The van der Waals surface area contributed by atoms with Crippen molar-refractivity contribution in [2.75, 3.05) is 0 Å². The Morgan fingerprint density at radius 1 is 0.955 bits per heavy atom. The molecule has 2 heteroatoms. The standard InChI is InChI=1S/C20H34O2/c1-16-6-8-18(9-7-16)14-15-19-12-10-17(11-13-19)4-2-3-5-20(21)22/h2,4,16-19H,3,5-15H2,1H3,(H,21,22)/t16-,17-,18-,19-. The molecule has 0 bridgehead atoms. The van der Waals surface area contributed by atoms with Crippen molar-refractivity contribution >= 4 is 5.97 Å². The second-order valence-electron chi connectivity index (χ2n) is 7.84. The highest BCUT2D eigenvalue weighted by atomic mass is 16.4. The number of aliphatic carboxylic acids is 1. The van der Waals surface area contributed by atoms with Gasteiger partial charge < -0.3 is 5.11 Å². The third kappa shape index (κ3) is 6.54. The molecule has 2 aliphatic rings. The quantitative estimate of drug-likeness (QED) is 0.602. The molecule has 2 fully saturated rings. The van der Waals surface area contributed by atoms with Crippen LogP contribution >= 0.6 is 0 Å². The van der Waals surface area contributed by atoms with Crippen molar-refractivity contribution < 1.29 is 9.90 Å². The van der Waals surface area contributed by atoms with Crippen LogP contribution in [0.1, 0.15) is 84.0 Å². The molecule has 2 rings (SSSR count). The van der Waals surface area contributed by atoms with Crippen LogP contribution in [0.25, 0.3) is 0 Å². The fourth-order valence-corrected chi connectivity index (χ4v) is 4.25. The van der Waals surface area contributed by atoms with Crippen molar-refractivity contribution in [3.05, 3.63) is 12.2 Å². The molecule has 126 valence electrons. The zero-order chi connectivity index (χ0) is 15.8. The summed E-state index contributed by atoms with van der Waals surface area (Å²) in [5.41, 5.74) is 0. The predicted octanol–water partition coefficient (Wildman–Crippen LogP) is 5.82. The number of hydrogen-bond acceptors (Lipinski definition) is 1. The highest BCUT2D eigenvalue weighted by Gasteiger charge is 2.22. The lowest BCUT2D eigenvalue weighted by Gasteiger charge is -2.30. The molecule has 0 atom stereocenters. The first-order valence-electron chi connectivity index (χ1n) is 9.52. The van der Waals surface area contributed by atoms with Gasteiger partial charge in [0.15, 0.2) is 0 Å². The van der Waals surface area contributed by atoms with Crippen molar-refractivity contribution in [1.29, 1.82) is 0 Å². The number of carboxylic acids is 1. The molecule has 0 aromatic heterocycles. The van der Waals surface area contributed by atoms with E-state index in [1.54, 1.807) is 0 Å². The lowest BCUT2D eigenvalue weighted by molar-refractivity contribution is -0.136. The molecular weight excluding hydrogens is 272 g/mol. The summed E-state index contributed by atoms with van der Waals surface area (Å²) >= 11 is 0. The van der Waals surface area contributed by atoms with Crippen LogP contribution in [0.2, 0.25) is 0 Å².